The molecule has 1 aromatic heterocycles. The quantitative estimate of drug-likeness (QED) is 0.425. The van der Waals surface area contributed by atoms with Crippen molar-refractivity contribution in [2.24, 2.45) is 0 Å². The number of rotatable bonds is 4. The van der Waals surface area contributed by atoms with Crippen molar-refractivity contribution >= 4 is 33.9 Å². The number of β-lactam (4-membered cyclic amide) rings is 1. The molecule has 3 rings (SSSR count). The van der Waals surface area contributed by atoms with Crippen LogP contribution in [-0.2, 0) is 28.9 Å². The molecular formula is C16H16N2O8S. The van der Waals surface area contributed by atoms with Crippen LogP contribution in [0.4, 0.5) is 4.79 Å². The monoisotopic (exact) mass is 396 g/mol. The van der Waals surface area contributed by atoms with Gasteiger partial charge in [-0.05, 0) is 25.1 Å². The lowest BCUT2D eigenvalue weighted by Crippen LogP contribution is -2.59. The number of sulfone groups is 1. The number of hydrogen-bond acceptors (Lipinski definition) is 8. The van der Waals surface area contributed by atoms with E-state index in [1.807, 2.05) is 0 Å². The Bertz CT molecular complexity index is 942. The average molecular weight is 396 g/mol. The van der Waals surface area contributed by atoms with Crippen molar-refractivity contribution in [3.05, 3.63) is 35.7 Å². The number of hydrogen-bond donors (Lipinski definition) is 1. The van der Waals surface area contributed by atoms with Crippen molar-refractivity contribution in [2.75, 3.05) is 13.7 Å². The SMILES string of the molecule is COC(=O)OC[C@@]1(C)[C@H](C(=O)O)N2C(=O)/C(=C/c3ccccn3)C2S1(=O)=O. The number of amides is 1. The van der Waals surface area contributed by atoms with E-state index < -0.39 is 50.6 Å². The van der Waals surface area contributed by atoms with Gasteiger partial charge in [0.15, 0.2) is 21.3 Å². The first kappa shape index (κ1) is 18.8. The van der Waals surface area contributed by atoms with Gasteiger partial charge >= 0.3 is 12.1 Å². The Morgan fingerprint density at radius 2 is 2.11 bits per heavy atom. The molecular weight excluding hydrogens is 380 g/mol. The largest absolute Gasteiger partial charge is 0.508 e. The molecule has 144 valence electrons. The van der Waals surface area contributed by atoms with Gasteiger partial charge in [0, 0.05) is 6.20 Å². The van der Waals surface area contributed by atoms with Crippen molar-refractivity contribution in [1.82, 2.24) is 9.88 Å². The zero-order valence-corrected chi connectivity index (χ0v) is 15.2. The third-order valence-corrected chi connectivity index (χ3v) is 7.38. The summed E-state index contributed by atoms with van der Waals surface area (Å²) in [6, 6.07) is 3.20. The fourth-order valence-electron chi connectivity index (χ4n) is 3.28. The summed E-state index contributed by atoms with van der Waals surface area (Å²) in [4.78, 5) is 40.3. The molecule has 0 bridgehead atoms. The van der Waals surface area contributed by atoms with Crippen LogP contribution in [0.1, 0.15) is 12.6 Å². The van der Waals surface area contributed by atoms with E-state index in [4.69, 9.17) is 4.74 Å². The molecule has 1 N–H and O–H groups in total. The van der Waals surface area contributed by atoms with E-state index in [9.17, 15) is 27.9 Å². The Morgan fingerprint density at radius 3 is 2.67 bits per heavy atom. The summed E-state index contributed by atoms with van der Waals surface area (Å²) in [5, 5.41) is 8.11. The summed E-state index contributed by atoms with van der Waals surface area (Å²) >= 11 is 0. The number of nitrogens with zero attached hydrogens (tertiary/aromatic N) is 2. The number of fused-ring (bicyclic) bond motifs is 1. The number of carbonyl (C=O) groups excluding carboxylic acids is 2. The van der Waals surface area contributed by atoms with Gasteiger partial charge < -0.3 is 19.5 Å². The topological polar surface area (TPSA) is 140 Å². The van der Waals surface area contributed by atoms with Crippen LogP contribution in [0.25, 0.3) is 6.08 Å². The molecule has 3 atom stereocenters. The lowest BCUT2D eigenvalue weighted by atomic mass is 9.94. The molecule has 2 saturated heterocycles. The van der Waals surface area contributed by atoms with Crippen molar-refractivity contribution in [2.45, 2.75) is 23.1 Å². The molecule has 1 aromatic rings. The minimum absolute atomic E-state index is 0.0817. The highest BCUT2D eigenvalue weighted by Crippen LogP contribution is 2.49. The molecule has 0 aliphatic carbocycles. The van der Waals surface area contributed by atoms with Gasteiger partial charge in [0.2, 0.25) is 0 Å². The molecule has 2 aliphatic heterocycles. The average Bonchev–Trinajstić information content (AvgIpc) is 2.80. The van der Waals surface area contributed by atoms with E-state index in [0.29, 0.717) is 5.69 Å². The zero-order valence-electron chi connectivity index (χ0n) is 14.4. The molecule has 2 aliphatic rings. The molecule has 2 fully saturated rings. The standard InChI is InChI=1S/C16H16N2O8S/c1-16(8-26-15(22)25-2)11(14(20)21)18-12(19)10(13(18)27(16,23)24)7-9-5-3-4-6-17-9/h3-7,11,13H,8H2,1-2H3,(H,20,21)/b10-7-/t11-,13?,16-/m0/s1. The highest BCUT2D eigenvalue weighted by atomic mass is 32.2. The van der Waals surface area contributed by atoms with Crippen LogP contribution in [0.5, 0.6) is 0 Å². The lowest BCUT2D eigenvalue weighted by Gasteiger charge is -2.37. The predicted molar refractivity (Wildman–Crippen MR) is 90.0 cm³/mol. The summed E-state index contributed by atoms with van der Waals surface area (Å²) in [6.45, 7) is 0.365. The number of ether oxygens (including phenoxy) is 2. The van der Waals surface area contributed by atoms with Gasteiger partial charge in [0.05, 0.1) is 18.4 Å². The number of carboxylic acid groups (broad SMARTS) is 1. The molecule has 0 aromatic carbocycles. The van der Waals surface area contributed by atoms with Gasteiger partial charge in [-0.1, -0.05) is 6.07 Å². The van der Waals surface area contributed by atoms with Crippen molar-refractivity contribution in [3.8, 4) is 0 Å². The highest BCUT2D eigenvalue weighted by molar-refractivity contribution is 7.94. The van der Waals surface area contributed by atoms with Crippen molar-refractivity contribution in [1.29, 1.82) is 0 Å². The zero-order chi connectivity index (χ0) is 20.0. The first-order valence-electron chi connectivity index (χ1n) is 7.77. The molecule has 1 amide bonds. The second-order valence-electron chi connectivity index (χ2n) is 6.26. The van der Waals surface area contributed by atoms with Gasteiger partial charge in [0.25, 0.3) is 5.91 Å². The molecule has 1 unspecified atom stereocenters. The summed E-state index contributed by atoms with van der Waals surface area (Å²) < 4.78 is 33.2. The summed E-state index contributed by atoms with van der Waals surface area (Å²) in [7, 11) is -3.20. The van der Waals surface area contributed by atoms with E-state index in [1.54, 1.807) is 18.2 Å². The Hall–Kier alpha value is -2.95. The van der Waals surface area contributed by atoms with Crippen LogP contribution in [0, 0.1) is 0 Å². The molecule has 0 spiro atoms. The number of aliphatic carboxylic acids is 1. The Balaban J connectivity index is 2.04. The van der Waals surface area contributed by atoms with Crippen LogP contribution in [0.2, 0.25) is 0 Å². The molecule has 0 saturated carbocycles. The Morgan fingerprint density at radius 1 is 1.41 bits per heavy atom. The van der Waals surface area contributed by atoms with Crippen LogP contribution in [0.15, 0.2) is 30.0 Å². The third kappa shape index (κ3) is 2.65. The minimum Gasteiger partial charge on any atom is -0.480 e. The summed E-state index contributed by atoms with van der Waals surface area (Å²) in [6.07, 6.45) is 1.64. The molecule has 3 heterocycles. The summed E-state index contributed by atoms with van der Waals surface area (Å²) in [5.41, 5.74) is 0.281. The van der Waals surface area contributed by atoms with Gasteiger partial charge in [-0.15, -0.1) is 0 Å². The molecule has 27 heavy (non-hydrogen) atoms. The van der Waals surface area contributed by atoms with Crippen molar-refractivity contribution < 1.29 is 37.4 Å². The normalized spacial score (nSPS) is 29.8. The third-order valence-electron chi connectivity index (χ3n) is 4.67. The van der Waals surface area contributed by atoms with Crippen LogP contribution in [-0.4, -0.2) is 71.3 Å². The molecule has 0 radical (unpaired) electrons. The predicted octanol–water partition coefficient (Wildman–Crippen LogP) is 0.0566. The number of aromatic nitrogens is 1. The number of carboxylic acids is 1. The fraction of sp³-hybridized carbons (Fsp3) is 0.375. The van der Waals surface area contributed by atoms with E-state index in [2.05, 4.69) is 9.72 Å². The second-order valence-corrected chi connectivity index (χ2v) is 8.73. The second kappa shape index (κ2) is 6.34. The van der Waals surface area contributed by atoms with E-state index in [0.717, 1.165) is 18.9 Å². The van der Waals surface area contributed by atoms with Gasteiger partial charge in [0.1, 0.15) is 11.4 Å². The van der Waals surface area contributed by atoms with E-state index >= 15 is 0 Å². The molecule has 10 nitrogen and oxygen atoms in total. The number of methoxy groups -OCH3 is 1. The maximum absolute atomic E-state index is 13.1. The smallest absolute Gasteiger partial charge is 0.480 e. The van der Waals surface area contributed by atoms with Crippen LogP contribution in [0.3, 0.4) is 0 Å². The Kier molecular flexibility index (Phi) is 4.42. The maximum Gasteiger partial charge on any atom is 0.508 e. The fourth-order valence-corrected chi connectivity index (χ4v) is 5.55. The van der Waals surface area contributed by atoms with Crippen LogP contribution >= 0.6 is 0 Å². The number of carbonyl (C=O) groups is 3. The van der Waals surface area contributed by atoms with Gasteiger partial charge in [-0.3, -0.25) is 9.78 Å². The Labute approximate surface area is 154 Å². The first-order chi connectivity index (χ1) is 12.6. The summed E-state index contributed by atoms with van der Waals surface area (Å²) in [5.74, 6) is -2.23. The van der Waals surface area contributed by atoms with E-state index in [-0.39, 0.29) is 5.57 Å². The lowest BCUT2D eigenvalue weighted by molar-refractivity contribution is -0.153. The van der Waals surface area contributed by atoms with Gasteiger partial charge in [-0.2, -0.15) is 0 Å². The molecule has 11 heteroatoms. The van der Waals surface area contributed by atoms with Crippen molar-refractivity contribution in [3.63, 3.8) is 0 Å². The number of pyridine rings is 1. The van der Waals surface area contributed by atoms with Crippen LogP contribution < -0.4 is 0 Å². The van der Waals surface area contributed by atoms with Gasteiger partial charge in [-0.25, -0.2) is 18.0 Å². The first-order valence-corrected chi connectivity index (χ1v) is 9.32. The minimum atomic E-state index is -4.23. The highest BCUT2D eigenvalue weighted by Gasteiger charge is 2.72. The van der Waals surface area contributed by atoms with E-state index in [1.165, 1.54) is 12.3 Å². The maximum atomic E-state index is 13.1.